The van der Waals surface area contributed by atoms with Crippen molar-refractivity contribution in [3.63, 3.8) is 0 Å². The third-order valence-electron chi connectivity index (χ3n) is 5.35. The van der Waals surface area contributed by atoms with E-state index in [9.17, 15) is 9.59 Å². The predicted molar refractivity (Wildman–Crippen MR) is 127 cm³/mol. The van der Waals surface area contributed by atoms with Crippen molar-refractivity contribution in [2.45, 2.75) is 26.3 Å². The number of aromatic nitrogens is 3. The second kappa shape index (κ2) is 10.0. The Morgan fingerprint density at radius 2 is 1.91 bits per heavy atom. The van der Waals surface area contributed by atoms with E-state index in [4.69, 9.17) is 21.3 Å². The molecule has 10 heteroatoms. The van der Waals surface area contributed by atoms with Crippen molar-refractivity contribution in [2.75, 3.05) is 20.3 Å². The molecule has 0 spiro atoms. The van der Waals surface area contributed by atoms with Crippen molar-refractivity contribution in [1.82, 2.24) is 20.1 Å². The van der Waals surface area contributed by atoms with Crippen LogP contribution in [-0.2, 0) is 14.3 Å². The largest absolute Gasteiger partial charge is 0.482 e. The summed E-state index contributed by atoms with van der Waals surface area (Å²) in [5, 5.41) is 12.0. The molecular formula is C24H24ClN5O4. The normalized spacial score (nSPS) is 14.4. The van der Waals surface area contributed by atoms with E-state index in [0.717, 1.165) is 16.8 Å². The number of carbonyl (C=O) groups is 2. The van der Waals surface area contributed by atoms with Crippen LogP contribution in [0.2, 0.25) is 5.02 Å². The maximum atomic E-state index is 12.5. The molecule has 1 aliphatic heterocycles. The monoisotopic (exact) mass is 481 g/mol. The van der Waals surface area contributed by atoms with Gasteiger partial charge in [-0.2, -0.15) is 0 Å². The van der Waals surface area contributed by atoms with E-state index < -0.39 is 12.0 Å². The number of benzene rings is 2. The number of aryl methyl sites for hydroxylation is 1. The van der Waals surface area contributed by atoms with Gasteiger partial charge in [-0.05, 0) is 44.2 Å². The summed E-state index contributed by atoms with van der Waals surface area (Å²) in [5.41, 5.74) is 2.99. The zero-order chi connectivity index (χ0) is 24.2. The summed E-state index contributed by atoms with van der Waals surface area (Å²) >= 11 is 6.12. The number of halogens is 1. The Morgan fingerprint density at radius 3 is 2.62 bits per heavy atom. The van der Waals surface area contributed by atoms with Crippen LogP contribution in [0.3, 0.4) is 0 Å². The van der Waals surface area contributed by atoms with Gasteiger partial charge in [0.15, 0.2) is 12.4 Å². The fourth-order valence-electron chi connectivity index (χ4n) is 3.79. The molecule has 0 unspecified atom stereocenters. The molecule has 1 N–H and O–H groups in total. The molecule has 9 nitrogen and oxygen atoms in total. The van der Waals surface area contributed by atoms with Gasteiger partial charge in [0.1, 0.15) is 17.6 Å². The Bertz CT molecular complexity index is 1250. The van der Waals surface area contributed by atoms with E-state index in [1.165, 1.54) is 7.11 Å². The minimum atomic E-state index is -0.565. The highest BCUT2D eigenvalue weighted by Crippen LogP contribution is 2.34. The number of aliphatic imine (C=N–C) groups is 1. The molecule has 0 saturated carbocycles. The van der Waals surface area contributed by atoms with Crippen LogP contribution >= 0.6 is 11.6 Å². The fourth-order valence-corrected chi connectivity index (χ4v) is 3.91. The lowest BCUT2D eigenvalue weighted by molar-refractivity contribution is -0.142. The first-order chi connectivity index (χ1) is 16.4. The van der Waals surface area contributed by atoms with Crippen molar-refractivity contribution in [1.29, 1.82) is 0 Å². The van der Waals surface area contributed by atoms with Gasteiger partial charge in [0, 0.05) is 22.7 Å². The quantitative estimate of drug-likeness (QED) is 0.519. The Kier molecular flexibility index (Phi) is 6.93. The molecule has 1 amide bonds. The number of hydrogen-bond acceptors (Lipinski definition) is 7. The number of nitrogens with zero attached hydrogens (tertiary/aromatic N) is 4. The number of rotatable bonds is 7. The summed E-state index contributed by atoms with van der Waals surface area (Å²) < 4.78 is 12.2. The highest BCUT2D eigenvalue weighted by atomic mass is 35.5. The van der Waals surface area contributed by atoms with Crippen LogP contribution in [-0.4, -0.2) is 52.6 Å². The van der Waals surface area contributed by atoms with Crippen LogP contribution in [0, 0.1) is 6.92 Å². The van der Waals surface area contributed by atoms with E-state index in [0.29, 0.717) is 34.7 Å². The molecule has 4 rings (SSSR count). The summed E-state index contributed by atoms with van der Waals surface area (Å²) in [6.45, 7) is 4.01. The molecule has 0 fully saturated rings. The van der Waals surface area contributed by atoms with Crippen molar-refractivity contribution in [2.24, 2.45) is 4.99 Å². The van der Waals surface area contributed by atoms with E-state index in [1.807, 2.05) is 42.7 Å². The van der Waals surface area contributed by atoms with Crippen LogP contribution in [0.1, 0.15) is 42.2 Å². The molecule has 2 heterocycles. The average molecular weight is 482 g/mol. The van der Waals surface area contributed by atoms with E-state index >= 15 is 0 Å². The Hall–Kier alpha value is -3.72. The van der Waals surface area contributed by atoms with E-state index in [-0.39, 0.29) is 18.9 Å². The Balaban J connectivity index is 1.88. The second-order valence-electron chi connectivity index (χ2n) is 7.64. The highest BCUT2D eigenvalue weighted by Gasteiger charge is 2.30. The van der Waals surface area contributed by atoms with Gasteiger partial charge in [0.05, 0.1) is 24.9 Å². The molecule has 34 heavy (non-hydrogen) atoms. The molecule has 0 saturated heterocycles. The standard InChI is InChI=1S/C24H24ClN5O4/c1-4-26-21(31)12-19-24-29-28-14(2)30(24)20-10-9-17(34-13-22(32)33-3)11-18(20)23(27-19)15-5-7-16(25)8-6-15/h5-11,19H,4,12-13H2,1-3H3,(H,26,31)/t19-/m0/s1. The molecular weight excluding hydrogens is 458 g/mol. The summed E-state index contributed by atoms with van der Waals surface area (Å²) in [6, 6.07) is 12.2. The first-order valence-electron chi connectivity index (χ1n) is 10.8. The molecule has 0 radical (unpaired) electrons. The molecule has 2 aromatic carbocycles. The maximum absolute atomic E-state index is 12.5. The van der Waals surface area contributed by atoms with Crippen LogP contribution < -0.4 is 10.1 Å². The zero-order valence-electron chi connectivity index (χ0n) is 19.0. The Labute approximate surface area is 201 Å². The number of amides is 1. The summed E-state index contributed by atoms with van der Waals surface area (Å²) in [5.74, 6) is 1.08. The van der Waals surface area contributed by atoms with Crippen molar-refractivity contribution >= 4 is 29.2 Å². The summed E-state index contributed by atoms with van der Waals surface area (Å²) in [6.07, 6.45) is 0.114. The van der Waals surface area contributed by atoms with Gasteiger partial charge in [0.25, 0.3) is 0 Å². The number of nitrogens with one attached hydrogen (secondary N) is 1. The number of carbonyl (C=O) groups excluding carboxylic acids is 2. The topological polar surface area (TPSA) is 108 Å². The van der Waals surface area contributed by atoms with E-state index in [2.05, 4.69) is 20.3 Å². The molecule has 176 valence electrons. The van der Waals surface area contributed by atoms with Gasteiger partial charge in [0.2, 0.25) is 5.91 Å². The minimum Gasteiger partial charge on any atom is -0.482 e. The number of ether oxygens (including phenoxy) is 2. The van der Waals surface area contributed by atoms with Crippen LogP contribution in [0.25, 0.3) is 5.69 Å². The van der Waals surface area contributed by atoms with Crippen molar-refractivity contribution < 1.29 is 19.1 Å². The van der Waals surface area contributed by atoms with Gasteiger partial charge in [-0.15, -0.1) is 10.2 Å². The molecule has 1 aliphatic rings. The lowest BCUT2D eigenvalue weighted by Crippen LogP contribution is -2.25. The van der Waals surface area contributed by atoms with Gasteiger partial charge >= 0.3 is 5.97 Å². The summed E-state index contributed by atoms with van der Waals surface area (Å²) in [4.78, 5) is 29.1. The number of fused-ring (bicyclic) bond motifs is 3. The average Bonchev–Trinajstić information content (AvgIpc) is 3.15. The molecule has 0 bridgehead atoms. The van der Waals surface area contributed by atoms with Crippen molar-refractivity contribution in [3.05, 3.63) is 70.3 Å². The summed E-state index contributed by atoms with van der Waals surface area (Å²) in [7, 11) is 1.30. The van der Waals surface area contributed by atoms with Gasteiger partial charge < -0.3 is 14.8 Å². The lowest BCUT2D eigenvalue weighted by atomic mass is 10.00. The highest BCUT2D eigenvalue weighted by molar-refractivity contribution is 6.30. The van der Waals surface area contributed by atoms with Gasteiger partial charge in [-0.25, -0.2) is 4.79 Å². The minimum absolute atomic E-state index is 0.114. The van der Waals surface area contributed by atoms with Crippen LogP contribution in [0.4, 0.5) is 0 Å². The first kappa shape index (κ1) is 23.4. The third kappa shape index (κ3) is 4.79. The molecule has 1 aromatic heterocycles. The number of hydrogen-bond donors (Lipinski definition) is 1. The SMILES string of the molecule is CCNC(=O)C[C@@H]1N=C(c2ccc(Cl)cc2)c2cc(OCC(=O)OC)ccc2-n2c(C)nnc21. The Morgan fingerprint density at radius 1 is 1.15 bits per heavy atom. The third-order valence-corrected chi connectivity index (χ3v) is 5.60. The second-order valence-corrected chi connectivity index (χ2v) is 8.08. The smallest absolute Gasteiger partial charge is 0.343 e. The predicted octanol–water partition coefficient (Wildman–Crippen LogP) is 3.20. The molecule has 3 aromatic rings. The zero-order valence-corrected chi connectivity index (χ0v) is 19.8. The number of esters is 1. The maximum Gasteiger partial charge on any atom is 0.343 e. The number of methoxy groups -OCH3 is 1. The van der Waals surface area contributed by atoms with E-state index in [1.54, 1.807) is 18.2 Å². The van der Waals surface area contributed by atoms with Gasteiger partial charge in [-0.3, -0.25) is 14.4 Å². The van der Waals surface area contributed by atoms with Crippen molar-refractivity contribution in [3.8, 4) is 11.4 Å². The lowest BCUT2D eigenvalue weighted by Gasteiger charge is -2.14. The fraction of sp³-hybridized carbons (Fsp3) is 0.292. The van der Waals surface area contributed by atoms with Crippen LogP contribution in [0.5, 0.6) is 5.75 Å². The first-order valence-corrected chi connectivity index (χ1v) is 11.2. The molecule has 1 atom stereocenters. The molecule has 0 aliphatic carbocycles. The van der Waals surface area contributed by atoms with Gasteiger partial charge in [-0.1, -0.05) is 23.7 Å². The van der Waals surface area contributed by atoms with Crippen LogP contribution in [0.15, 0.2) is 47.5 Å².